The summed E-state index contributed by atoms with van der Waals surface area (Å²) in [6.07, 6.45) is 3.20. The first-order valence-electron chi connectivity index (χ1n) is 11.4. The summed E-state index contributed by atoms with van der Waals surface area (Å²) in [5.74, 6) is 0.486. The average Bonchev–Trinajstić information content (AvgIpc) is 2.88. The molecule has 3 aromatic rings. The van der Waals surface area contributed by atoms with Crippen molar-refractivity contribution in [3.63, 3.8) is 0 Å². The van der Waals surface area contributed by atoms with Gasteiger partial charge in [0.25, 0.3) is 0 Å². The van der Waals surface area contributed by atoms with Gasteiger partial charge in [-0.25, -0.2) is 4.79 Å². The molecule has 1 N–H and O–H groups in total. The first-order valence-corrected chi connectivity index (χ1v) is 14.3. The highest BCUT2D eigenvalue weighted by Crippen LogP contribution is 2.38. The molecule has 11 heteroatoms. The lowest BCUT2D eigenvalue weighted by atomic mass is 9.93. The van der Waals surface area contributed by atoms with Crippen LogP contribution in [0.5, 0.6) is 17.2 Å². The number of aliphatic carboxylic acids is 1. The molecule has 2 bridgehead atoms. The Morgan fingerprint density at radius 1 is 1.13 bits per heavy atom. The van der Waals surface area contributed by atoms with Crippen LogP contribution in [0.1, 0.15) is 22.3 Å². The molecule has 0 saturated carbocycles. The standard InChI is InChI=1S/C27H19Cl2I2NO6/c28-17-4-1-15(20(29)9-17)12-36-26-21(30)7-16-8-22(27(34)35)32(11-19(16)25(26)31)24(33)6-3-14-2-5-18-10-23(14)38-13-37-18/h1-7,9-10,22H,8,11-13H2,(H,34,35)/b6-3+/t22-/m0/s1. The molecule has 0 unspecified atom stereocenters. The quantitative estimate of drug-likeness (QED) is 0.226. The lowest BCUT2D eigenvalue weighted by Gasteiger charge is -2.35. The highest BCUT2D eigenvalue weighted by molar-refractivity contribution is 14.1. The van der Waals surface area contributed by atoms with Gasteiger partial charge in [0.2, 0.25) is 12.7 Å². The number of fused-ring (bicyclic) bond motifs is 3. The molecule has 0 aliphatic carbocycles. The van der Waals surface area contributed by atoms with E-state index in [4.69, 9.17) is 37.4 Å². The molecule has 2 heterocycles. The number of amides is 1. The number of hydrogen-bond acceptors (Lipinski definition) is 5. The zero-order valence-corrected chi connectivity index (χ0v) is 25.4. The lowest BCUT2D eigenvalue weighted by Crippen LogP contribution is -2.48. The van der Waals surface area contributed by atoms with Crippen LogP contribution in [-0.4, -0.2) is 34.7 Å². The Morgan fingerprint density at radius 2 is 1.95 bits per heavy atom. The molecule has 1 atom stereocenters. The summed E-state index contributed by atoms with van der Waals surface area (Å²) >= 11 is 16.7. The summed E-state index contributed by atoms with van der Waals surface area (Å²) in [6.45, 7) is 0.476. The molecule has 2 aliphatic heterocycles. The van der Waals surface area contributed by atoms with E-state index >= 15 is 0 Å². The third-order valence-electron chi connectivity index (χ3n) is 6.27. The number of carbonyl (C=O) groups excluding carboxylic acids is 1. The summed E-state index contributed by atoms with van der Waals surface area (Å²) in [6, 6.07) is 11.5. The van der Waals surface area contributed by atoms with Crippen LogP contribution in [0.3, 0.4) is 0 Å². The third kappa shape index (κ3) is 5.70. The molecule has 7 nitrogen and oxygen atoms in total. The topological polar surface area (TPSA) is 85.3 Å². The Bertz CT molecular complexity index is 1480. The highest BCUT2D eigenvalue weighted by atomic mass is 127. The van der Waals surface area contributed by atoms with Crippen LogP contribution in [-0.2, 0) is 29.2 Å². The fourth-order valence-corrected chi connectivity index (χ4v) is 7.04. The first-order chi connectivity index (χ1) is 18.2. The van der Waals surface area contributed by atoms with Crippen LogP contribution in [0.4, 0.5) is 0 Å². The van der Waals surface area contributed by atoms with E-state index in [0.29, 0.717) is 32.9 Å². The van der Waals surface area contributed by atoms with Gasteiger partial charge in [0.1, 0.15) is 29.9 Å². The van der Waals surface area contributed by atoms with E-state index < -0.39 is 17.9 Å². The monoisotopic (exact) mass is 777 g/mol. The minimum atomic E-state index is -1.06. The van der Waals surface area contributed by atoms with Crippen molar-refractivity contribution in [2.24, 2.45) is 0 Å². The number of rotatable bonds is 6. The molecule has 0 fully saturated rings. The van der Waals surface area contributed by atoms with Crippen molar-refractivity contribution in [3.05, 3.63) is 88.0 Å². The predicted octanol–water partition coefficient (Wildman–Crippen LogP) is 6.56. The minimum Gasteiger partial charge on any atom is -0.487 e. The molecule has 38 heavy (non-hydrogen) atoms. The molecule has 0 aromatic heterocycles. The maximum absolute atomic E-state index is 13.3. The van der Waals surface area contributed by atoms with Gasteiger partial charge in [0.15, 0.2) is 0 Å². The van der Waals surface area contributed by atoms with Gasteiger partial charge in [-0.1, -0.05) is 29.3 Å². The number of nitrogens with zero attached hydrogens (tertiary/aromatic N) is 1. The molecule has 0 radical (unpaired) electrons. The molecule has 2 aliphatic rings. The highest BCUT2D eigenvalue weighted by Gasteiger charge is 2.36. The number of ether oxygens (including phenoxy) is 3. The van der Waals surface area contributed by atoms with E-state index in [1.54, 1.807) is 36.4 Å². The molecular formula is C27H19Cl2I2NO6. The molecule has 0 saturated heterocycles. The Hall–Kier alpha value is -2.22. The summed E-state index contributed by atoms with van der Waals surface area (Å²) < 4.78 is 18.6. The van der Waals surface area contributed by atoms with Crippen LogP contribution in [0.15, 0.2) is 48.5 Å². The van der Waals surface area contributed by atoms with E-state index in [-0.39, 0.29) is 26.4 Å². The molecule has 5 rings (SSSR count). The molecule has 0 spiro atoms. The number of carboxylic acid groups (broad SMARTS) is 1. The van der Waals surface area contributed by atoms with Crippen LogP contribution in [0.25, 0.3) is 6.08 Å². The zero-order valence-electron chi connectivity index (χ0n) is 19.5. The van der Waals surface area contributed by atoms with E-state index in [9.17, 15) is 14.7 Å². The van der Waals surface area contributed by atoms with E-state index in [2.05, 4.69) is 45.2 Å². The fraction of sp³-hybridized carbons (Fsp3) is 0.185. The maximum Gasteiger partial charge on any atom is 0.326 e. The number of benzene rings is 3. The lowest BCUT2D eigenvalue weighted by molar-refractivity contribution is -0.149. The van der Waals surface area contributed by atoms with Crippen molar-refractivity contribution in [2.45, 2.75) is 25.6 Å². The Labute approximate surface area is 255 Å². The normalized spacial score (nSPS) is 16.0. The summed E-state index contributed by atoms with van der Waals surface area (Å²) in [7, 11) is 0. The van der Waals surface area contributed by atoms with Gasteiger partial charge in [-0.3, -0.25) is 4.79 Å². The Balaban J connectivity index is 1.40. The predicted molar refractivity (Wildman–Crippen MR) is 160 cm³/mol. The van der Waals surface area contributed by atoms with Gasteiger partial charge in [-0.05, 0) is 92.7 Å². The number of carbonyl (C=O) groups is 2. The Morgan fingerprint density at radius 3 is 2.71 bits per heavy atom. The van der Waals surface area contributed by atoms with Gasteiger partial charge in [-0.2, -0.15) is 0 Å². The fourth-order valence-electron chi connectivity index (χ4n) is 4.30. The van der Waals surface area contributed by atoms with Gasteiger partial charge in [0, 0.05) is 46.3 Å². The SMILES string of the molecule is O=C(O)[C@@H]1Cc2cc(I)c(OCc3ccc(Cl)cc3Cl)c(I)c2CN1C(=O)/C=C/c1ccc2cc1OCO2. The molecule has 3 aromatic carbocycles. The van der Waals surface area contributed by atoms with Crippen molar-refractivity contribution in [3.8, 4) is 17.2 Å². The number of carboxylic acids is 1. The second-order valence-electron chi connectivity index (χ2n) is 8.63. The summed E-state index contributed by atoms with van der Waals surface area (Å²) in [4.78, 5) is 26.8. The second kappa shape index (κ2) is 11.5. The van der Waals surface area contributed by atoms with Crippen LogP contribution < -0.4 is 14.2 Å². The van der Waals surface area contributed by atoms with Crippen molar-refractivity contribution in [2.75, 3.05) is 6.79 Å². The average molecular weight is 778 g/mol. The maximum atomic E-state index is 13.3. The largest absolute Gasteiger partial charge is 0.487 e. The molecular weight excluding hydrogens is 759 g/mol. The smallest absolute Gasteiger partial charge is 0.326 e. The van der Waals surface area contributed by atoms with Crippen molar-refractivity contribution in [1.82, 2.24) is 4.90 Å². The van der Waals surface area contributed by atoms with Crippen molar-refractivity contribution < 1.29 is 28.9 Å². The van der Waals surface area contributed by atoms with E-state index in [1.807, 2.05) is 12.1 Å². The number of hydrogen-bond donors (Lipinski definition) is 1. The zero-order chi connectivity index (χ0) is 27.0. The molecule has 196 valence electrons. The van der Waals surface area contributed by atoms with Crippen molar-refractivity contribution in [1.29, 1.82) is 0 Å². The van der Waals surface area contributed by atoms with Gasteiger partial charge >= 0.3 is 5.97 Å². The van der Waals surface area contributed by atoms with E-state index in [0.717, 1.165) is 23.8 Å². The van der Waals surface area contributed by atoms with Gasteiger partial charge in [0.05, 0.1) is 7.14 Å². The number of halogens is 4. The van der Waals surface area contributed by atoms with E-state index in [1.165, 1.54) is 11.0 Å². The first kappa shape index (κ1) is 27.4. The van der Waals surface area contributed by atoms with Crippen LogP contribution in [0.2, 0.25) is 10.0 Å². The van der Waals surface area contributed by atoms with Gasteiger partial charge in [-0.15, -0.1) is 0 Å². The second-order valence-corrected chi connectivity index (χ2v) is 11.7. The third-order valence-corrected chi connectivity index (χ3v) is 8.80. The Kier molecular flexibility index (Phi) is 8.27. The molecule has 1 amide bonds. The summed E-state index contributed by atoms with van der Waals surface area (Å²) in [5.41, 5.74) is 3.23. The van der Waals surface area contributed by atoms with Crippen LogP contribution >= 0.6 is 68.4 Å². The van der Waals surface area contributed by atoms with Gasteiger partial charge < -0.3 is 24.2 Å². The van der Waals surface area contributed by atoms with Crippen LogP contribution in [0, 0.1) is 7.14 Å². The minimum absolute atomic E-state index is 0.104. The van der Waals surface area contributed by atoms with Crippen molar-refractivity contribution >= 4 is 86.3 Å². The summed E-state index contributed by atoms with van der Waals surface area (Å²) in [5, 5.41) is 11.0.